The zero-order chi connectivity index (χ0) is 18.3. The first kappa shape index (κ1) is 20.5. The van der Waals surface area contributed by atoms with Crippen LogP contribution in [-0.2, 0) is 19.1 Å². The zero-order valence-electron chi connectivity index (χ0n) is 15.6. The molecule has 1 aliphatic rings. The van der Waals surface area contributed by atoms with Crippen molar-refractivity contribution in [3.05, 3.63) is 0 Å². The standard InChI is InChI=1S/C18H31NO5/c1-6-23-16(21)12-15(20)13(2)11-14-7-9-19(10-8-14)17(22)24-18(3,4)5/h13-14H,6-12H2,1-5H3/t13-/m1/s1. The minimum absolute atomic E-state index is 0.0666. The van der Waals surface area contributed by atoms with Crippen LogP contribution in [0.2, 0.25) is 0 Å². The second-order valence-electron chi connectivity index (χ2n) is 7.50. The van der Waals surface area contributed by atoms with Gasteiger partial charge in [0, 0.05) is 19.0 Å². The van der Waals surface area contributed by atoms with Crippen molar-refractivity contribution in [3.63, 3.8) is 0 Å². The quantitative estimate of drug-likeness (QED) is 0.548. The van der Waals surface area contributed by atoms with Crippen molar-refractivity contribution < 1.29 is 23.9 Å². The van der Waals surface area contributed by atoms with Crippen LogP contribution in [0.4, 0.5) is 4.79 Å². The third-order valence-corrected chi connectivity index (χ3v) is 4.13. The molecule has 1 rings (SSSR count). The van der Waals surface area contributed by atoms with Gasteiger partial charge in [0.2, 0.25) is 0 Å². The predicted molar refractivity (Wildman–Crippen MR) is 90.6 cm³/mol. The number of hydrogen-bond donors (Lipinski definition) is 0. The summed E-state index contributed by atoms with van der Waals surface area (Å²) >= 11 is 0. The van der Waals surface area contributed by atoms with E-state index in [-0.39, 0.29) is 24.2 Å². The van der Waals surface area contributed by atoms with E-state index in [0.717, 1.165) is 19.3 Å². The number of amides is 1. The van der Waals surface area contributed by atoms with Gasteiger partial charge in [-0.25, -0.2) is 4.79 Å². The van der Waals surface area contributed by atoms with E-state index < -0.39 is 11.6 Å². The molecule has 6 nitrogen and oxygen atoms in total. The van der Waals surface area contributed by atoms with E-state index in [9.17, 15) is 14.4 Å². The fourth-order valence-corrected chi connectivity index (χ4v) is 2.84. The summed E-state index contributed by atoms with van der Waals surface area (Å²) in [7, 11) is 0. The van der Waals surface area contributed by atoms with Gasteiger partial charge in [-0.05, 0) is 52.9 Å². The molecule has 1 fully saturated rings. The number of likely N-dealkylation sites (tertiary alicyclic amines) is 1. The highest BCUT2D eigenvalue weighted by Gasteiger charge is 2.29. The molecule has 0 radical (unpaired) electrons. The van der Waals surface area contributed by atoms with Crippen LogP contribution >= 0.6 is 0 Å². The molecular formula is C18H31NO5. The molecule has 1 atom stereocenters. The Balaban J connectivity index is 2.36. The van der Waals surface area contributed by atoms with E-state index in [2.05, 4.69) is 0 Å². The van der Waals surface area contributed by atoms with Crippen molar-refractivity contribution in [2.24, 2.45) is 11.8 Å². The van der Waals surface area contributed by atoms with Crippen LogP contribution in [0.5, 0.6) is 0 Å². The lowest BCUT2D eigenvalue weighted by Crippen LogP contribution is -2.42. The number of hydrogen-bond acceptors (Lipinski definition) is 5. The highest BCUT2D eigenvalue weighted by atomic mass is 16.6. The largest absolute Gasteiger partial charge is 0.466 e. The lowest BCUT2D eigenvalue weighted by molar-refractivity contribution is -0.146. The Morgan fingerprint density at radius 3 is 2.25 bits per heavy atom. The lowest BCUT2D eigenvalue weighted by Gasteiger charge is -2.34. The molecule has 1 heterocycles. The van der Waals surface area contributed by atoms with Crippen molar-refractivity contribution in [3.8, 4) is 0 Å². The molecule has 0 bridgehead atoms. The molecule has 0 aliphatic carbocycles. The van der Waals surface area contributed by atoms with Gasteiger partial charge in [0.15, 0.2) is 0 Å². The highest BCUT2D eigenvalue weighted by Crippen LogP contribution is 2.26. The van der Waals surface area contributed by atoms with Gasteiger partial charge in [-0.1, -0.05) is 6.92 Å². The highest BCUT2D eigenvalue weighted by molar-refractivity contribution is 5.96. The Kier molecular flexibility index (Phi) is 7.70. The first-order chi connectivity index (χ1) is 11.1. The zero-order valence-corrected chi connectivity index (χ0v) is 15.6. The van der Waals surface area contributed by atoms with Crippen molar-refractivity contribution >= 4 is 17.8 Å². The maximum atomic E-state index is 12.0. The summed E-state index contributed by atoms with van der Waals surface area (Å²) in [5.41, 5.74) is -0.484. The smallest absolute Gasteiger partial charge is 0.410 e. The minimum atomic E-state index is -0.484. The van der Waals surface area contributed by atoms with Crippen LogP contribution in [0.25, 0.3) is 0 Å². The second kappa shape index (κ2) is 9.04. The Morgan fingerprint density at radius 1 is 1.17 bits per heavy atom. The van der Waals surface area contributed by atoms with Gasteiger partial charge in [-0.3, -0.25) is 9.59 Å². The molecule has 1 aliphatic heterocycles. The Hall–Kier alpha value is -1.59. The van der Waals surface area contributed by atoms with Crippen LogP contribution in [0.15, 0.2) is 0 Å². The lowest BCUT2D eigenvalue weighted by atomic mass is 9.85. The van der Waals surface area contributed by atoms with E-state index in [1.54, 1.807) is 11.8 Å². The molecule has 138 valence electrons. The number of ketones is 1. The molecule has 0 saturated carbocycles. The average Bonchev–Trinajstić information content (AvgIpc) is 2.46. The number of piperidine rings is 1. The summed E-state index contributed by atoms with van der Waals surface area (Å²) in [6, 6.07) is 0. The SMILES string of the molecule is CCOC(=O)CC(=O)[C@H](C)CC1CCN(C(=O)OC(C)(C)C)CC1. The predicted octanol–water partition coefficient (Wildman–Crippen LogP) is 3.18. The first-order valence-corrected chi connectivity index (χ1v) is 8.78. The van der Waals surface area contributed by atoms with Crippen molar-refractivity contribution in [1.29, 1.82) is 0 Å². The van der Waals surface area contributed by atoms with E-state index in [1.165, 1.54) is 0 Å². The Morgan fingerprint density at radius 2 is 1.75 bits per heavy atom. The first-order valence-electron chi connectivity index (χ1n) is 8.78. The summed E-state index contributed by atoms with van der Waals surface area (Å²) in [6.07, 6.45) is 2.05. The normalized spacial score (nSPS) is 17.3. The fourth-order valence-electron chi connectivity index (χ4n) is 2.84. The number of esters is 1. The summed E-state index contributed by atoms with van der Waals surface area (Å²) in [6.45, 7) is 10.8. The van der Waals surface area contributed by atoms with E-state index >= 15 is 0 Å². The van der Waals surface area contributed by atoms with Crippen LogP contribution in [0.3, 0.4) is 0 Å². The van der Waals surface area contributed by atoms with Crippen LogP contribution in [0, 0.1) is 11.8 Å². The maximum absolute atomic E-state index is 12.0. The van der Waals surface area contributed by atoms with E-state index in [0.29, 0.717) is 25.6 Å². The van der Waals surface area contributed by atoms with Crippen molar-refractivity contribution in [1.82, 2.24) is 4.90 Å². The summed E-state index contributed by atoms with van der Waals surface area (Å²) in [4.78, 5) is 37.2. The van der Waals surface area contributed by atoms with Gasteiger partial charge in [0.1, 0.15) is 17.8 Å². The van der Waals surface area contributed by atoms with Gasteiger partial charge >= 0.3 is 12.1 Å². The van der Waals surface area contributed by atoms with Crippen LogP contribution in [0.1, 0.15) is 60.3 Å². The molecule has 1 amide bonds. The topological polar surface area (TPSA) is 72.9 Å². The fraction of sp³-hybridized carbons (Fsp3) is 0.833. The Bertz CT molecular complexity index is 447. The van der Waals surface area contributed by atoms with Crippen molar-refractivity contribution in [2.45, 2.75) is 65.9 Å². The summed E-state index contributed by atoms with van der Waals surface area (Å²) in [5, 5.41) is 0. The van der Waals surface area contributed by atoms with Gasteiger partial charge in [0.25, 0.3) is 0 Å². The Labute approximate surface area is 144 Å². The third-order valence-electron chi connectivity index (χ3n) is 4.13. The van der Waals surface area contributed by atoms with Gasteiger partial charge in [-0.2, -0.15) is 0 Å². The van der Waals surface area contributed by atoms with E-state index in [1.807, 2.05) is 27.7 Å². The molecule has 0 N–H and O–H groups in total. The third kappa shape index (κ3) is 7.32. The van der Waals surface area contributed by atoms with Crippen LogP contribution < -0.4 is 0 Å². The average molecular weight is 341 g/mol. The van der Waals surface area contributed by atoms with Crippen molar-refractivity contribution in [2.75, 3.05) is 19.7 Å². The molecule has 6 heteroatoms. The molecule has 1 saturated heterocycles. The number of Topliss-reactive ketones (excluding diaryl/α,β-unsaturated/α-hetero) is 1. The molecule has 0 aromatic rings. The minimum Gasteiger partial charge on any atom is -0.466 e. The number of nitrogens with zero attached hydrogens (tertiary/aromatic N) is 1. The van der Waals surface area contributed by atoms with Gasteiger partial charge in [-0.15, -0.1) is 0 Å². The molecule has 24 heavy (non-hydrogen) atoms. The second-order valence-corrected chi connectivity index (χ2v) is 7.50. The molecule has 0 aromatic carbocycles. The maximum Gasteiger partial charge on any atom is 0.410 e. The molecule has 0 aromatic heterocycles. The van der Waals surface area contributed by atoms with Crippen LogP contribution in [-0.4, -0.2) is 48.0 Å². The number of rotatable bonds is 6. The summed E-state index contributed by atoms with van der Waals surface area (Å²) in [5.74, 6) is -0.283. The summed E-state index contributed by atoms with van der Waals surface area (Å²) < 4.78 is 10.2. The van der Waals surface area contributed by atoms with E-state index in [4.69, 9.17) is 9.47 Å². The number of carbonyl (C=O) groups excluding carboxylic acids is 3. The molecule has 0 spiro atoms. The van der Waals surface area contributed by atoms with Gasteiger partial charge in [0.05, 0.1) is 6.61 Å². The molecule has 0 unspecified atom stereocenters. The monoisotopic (exact) mass is 341 g/mol. The number of carbonyl (C=O) groups is 3. The van der Waals surface area contributed by atoms with Gasteiger partial charge < -0.3 is 14.4 Å². The number of ether oxygens (including phenoxy) is 2. The molecular weight excluding hydrogens is 310 g/mol.